The van der Waals surface area contributed by atoms with E-state index >= 15 is 0 Å². The molecule has 0 saturated carbocycles. The van der Waals surface area contributed by atoms with Crippen LogP contribution in [-0.2, 0) is 14.6 Å². The first-order valence-corrected chi connectivity index (χ1v) is 13.1. The molecule has 30 heavy (non-hydrogen) atoms. The molecule has 4 aliphatic heterocycles. The van der Waals surface area contributed by atoms with E-state index in [-0.39, 0.29) is 16.9 Å². The molecule has 4 aliphatic rings. The van der Waals surface area contributed by atoms with Crippen LogP contribution < -0.4 is 9.80 Å². The molecule has 2 atom stereocenters. The predicted molar refractivity (Wildman–Crippen MR) is 122 cm³/mol. The summed E-state index contributed by atoms with van der Waals surface area (Å²) in [6.07, 6.45) is 2.70. The fourth-order valence-electron chi connectivity index (χ4n) is 5.52. The highest BCUT2D eigenvalue weighted by Gasteiger charge is 2.46. The Hall–Kier alpha value is -1.76. The molecule has 1 aromatic rings. The van der Waals surface area contributed by atoms with Gasteiger partial charge in [0.25, 0.3) is 0 Å². The highest BCUT2D eigenvalue weighted by molar-refractivity contribution is 7.91. The van der Waals surface area contributed by atoms with Crippen molar-refractivity contribution in [3.05, 3.63) is 24.3 Å². The number of fused-ring (bicyclic) bond motifs is 4. The van der Waals surface area contributed by atoms with Gasteiger partial charge in [0.15, 0.2) is 9.84 Å². The second-order valence-electron chi connectivity index (χ2n) is 9.93. The highest BCUT2D eigenvalue weighted by Crippen LogP contribution is 2.43. The topological polar surface area (TPSA) is 60.9 Å². The number of hydrogen-bond acceptors (Lipinski definition) is 5. The second kappa shape index (κ2) is 8.06. The largest absolute Gasteiger partial charge is 0.369 e. The van der Waals surface area contributed by atoms with Crippen LogP contribution in [0.4, 0.5) is 11.4 Å². The van der Waals surface area contributed by atoms with Gasteiger partial charge in [0.05, 0.1) is 17.5 Å². The number of nitrogens with zero attached hydrogens (tertiary/aromatic N) is 3. The zero-order valence-corrected chi connectivity index (χ0v) is 19.3. The minimum atomic E-state index is -2.87. The van der Waals surface area contributed by atoms with E-state index in [4.69, 9.17) is 0 Å². The zero-order valence-electron chi connectivity index (χ0n) is 18.5. The monoisotopic (exact) mass is 433 g/mol. The highest BCUT2D eigenvalue weighted by atomic mass is 32.2. The standard InChI is InChI=1S/C23H35N3O3S/c1-4-5-22(27)25-15-18-14-23(2,3)21(17-25)26(16-18)20-8-6-19(7-9-20)24-10-12-30(28,29)13-11-24/h6-9,18,21H,4-5,10-17H2,1-3H3/t18-,21-/m1/s1. The van der Waals surface area contributed by atoms with Crippen LogP contribution in [0.2, 0.25) is 0 Å². The Morgan fingerprint density at radius 1 is 1.03 bits per heavy atom. The van der Waals surface area contributed by atoms with Gasteiger partial charge in [-0.15, -0.1) is 0 Å². The first-order chi connectivity index (χ1) is 14.2. The number of sulfone groups is 1. The van der Waals surface area contributed by atoms with Crippen LogP contribution in [0.1, 0.15) is 40.0 Å². The molecule has 1 aromatic carbocycles. The summed E-state index contributed by atoms with van der Waals surface area (Å²) >= 11 is 0. The molecule has 7 heteroatoms. The van der Waals surface area contributed by atoms with Gasteiger partial charge in [-0.05, 0) is 48.4 Å². The summed E-state index contributed by atoms with van der Waals surface area (Å²) in [5, 5.41) is 0. The normalized spacial score (nSPS) is 27.8. The first-order valence-electron chi connectivity index (χ1n) is 11.3. The van der Waals surface area contributed by atoms with Crippen molar-refractivity contribution < 1.29 is 13.2 Å². The van der Waals surface area contributed by atoms with E-state index in [9.17, 15) is 13.2 Å². The van der Waals surface area contributed by atoms with Crippen molar-refractivity contribution in [2.75, 3.05) is 54.0 Å². The lowest BCUT2D eigenvalue weighted by Crippen LogP contribution is -2.54. The van der Waals surface area contributed by atoms with E-state index in [1.807, 2.05) is 0 Å². The molecule has 6 nitrogen and oxygen atoms in total. The second-order valence-corrected chi connectivity index (χ2v) is 12.2. The molecule has 0 aliphatic carbocycles. The summed E-state index contributed by atoms with van der Waals surface area (Å²) in [6, 6.07) is 8.90. The molecular weight excluding hydrogens is 398 g/mol. The maximum atomic E-state index is 12.6. The van der Waals surface area contributed by atoms with Crippen LogP contribution in [0.15, 0.2) is 24.3 Å². The summed E-state index contributed by atoms with van der Waals surface area (Å²) in [6.45, 7) is 10.5. The van der Waals surface area contributed by atoms with Crippen LogP contribution >= 0.6 is 0 Å². The lowest BCUT2D eigenvalue weighted by molar-refractivity contribution is -0.131. The summed E-state index contributed by atoms with van der Waals surface area (Å²) < 4.78 is 23.4. The van der Waals surface area contributed by atoms with Crippen LogP contribution in [-0.4, -0.2) is 69.5 Å². The molecule has 0 aromatic heterocycles. The fraction of sp³-hybridized carbons (Fsp3) is 0.696. The number of hydrogen-bond donors (Lipinski definition) is 0. The third kappa shape index (κ3) is 4.32. The number of amides is 1. The maximum Gasteiger partial charge on any atom is 0.222 e. The van der Waals surface area contributed by atoms with Gasteiger partial charge in [0.2, 0.25) is 5.91 Å². The number of carbonyl (C=O) groups is 1. The van der Waals surface area contributed by atoms with E-state index in [0.29, 0.717) is 37.4 Å². The van der Waals surface area contributed by atoms with Gasteiger partial charge < -0.3 is 14.7 Å². The van der Waals surface area contributed by atoms with Crippen molar-refractivity contribution in [3.8, 4) is 0 Å². The van der Waals surface area contributed by atoms with Crippen LogP contribution in [0.3, 0.4) is 0 Å². The molecule has 4 heterocycles. The van der Waals surface area contributed by atoms with E-state index in [1.54, 1.807) is 0 Å². The summed E-state index contributed by atoms with van der Waals surface area (Å²) in [7, 11) is -2.87. The summed E-state index contributed by atoms with van der Waals surface area (Å²) in [5.74, 6) is 1.26. The third-order valence-corrected chi connectivity index (χ3v) is 8.74. The van der Waals surface area contributed by atoms with Gasteiger partial charge in [-0.3, -0.25) is 4.79 Å². The van der Waals surface area contributed by atoms with Gasteiger partial charge in [0.1, 0.15) is 0 Å². The van der Waals surface area contributed by atoms with Gasteiger partial charge >= 0.3 is 0 Å². The lowest BCUT2D eigenvalue weighted by Gasteiger charge is -2.48. The third-order valence-electron chi connectivity index (χ3n) is 7.13. The van der Waals surface area contributed by atoms with Crippen molar-refractivity contribution in [2.24, 2.45) is 11.3 Å². The average molecular weight is 434 g/mol. The Labute approximate surface area is 181 Å². The SMILES string of the molecule is CCCC(=O)N1C[C@@H]2CN(c3ccc(N4CCS(=O)(=O)CC4)cc3)[C@H](C1)C(C)(C)C2. The van der Waals surface area contributed by atoms with E-state index in [2.05, 4.69) is 59.7 Å². The Kier molecular flexibility index (Phi) is 5.77. The van der Waals surface area contributed by atoms with Gasteiger partial charge in [-0.25, -0.2) is 8.42 Å². The van der Waals surface area contributed by atoms with Crippen molar-refractivity contribution in [3.63, 3.8) is 0 Å². The smallest absolute Gasteiger partial charge is 0.222 e. The van der Waals surface area contributed by atoms with Gasteiger partial charge in [-0.1, -0.05) is 20.8 Å². The molecule has 4 fully saturated rings. The maximum absolute atomic E-state index is 12.6. The predicted octanol–water partition coefficient (Wildman–Crippen LogP) is 2.78. The molecule has 1 amide bonds. The zero-order chi connectivity index (χ0) is 21.5. The molecule has 0 unspecified atom stereocenters. The lowest BCUT2D eigenvalue weighted by atomic mass is 9.73. The first kappa shape index (κ1) is 21.5. The van der Waals surface area contributed by atoms with Crippen LogP contribution in [0.25, 0.3) is 0 Å². The molecular formula is C23H35N3O3S. The van der Waals surface area contributed by atoms with E-state index in [0.717, 1.165) is 38.2 Å². The number of piperidine rings is 1. The Balaban J connectivity index is 1.53. The number of rotatable bonds is 4. The van der Waals surface area contributed by atoms with Crippen LogP contribution in [0, 0.1) is 11.3 Å². The van der Waals surface area contributed by atoms with Crippen LogP contribution in [0.5, 0.6) is 0 Å². The Morgan fingerprint density at radius 3 is 2.30 bits per heavy atom. The molecule has 0 radical (unpaired) electrons. The summed E-state index contributed by atoms with van der Waals surface area (Å²) in [5.41, 5.74) is 2.45. The molecule has 4 saturated heterocycles. The average Bonchev–Trinajstić information content (AvgIpc) is 2.95. The number of carbonyl (C=O) groups excluding carboxylic acids is 1. The van der Waals surface area contributed by atoms with Crippen molar-refractivity contribution in [1.29, 1.82) is 0 Å². The van der Waals surface area contributed by atoms with Crippen molar-refractivity contribution in [1.82, 2.24) is 4.90 Å². The van der Waals surface area contributed by atoms with Gasteiger partial charge in [0, 0.05) is 50.5 Å². The molecule has 2 bridgehead atoms. The molecule has 0 spiro atoms. The van der Waals surface area contributed by atoms with E-state index in [1.165, 1.54) is 5.69 Å². The Bertz CT molecular complexity index is 867. The van der Waals surface area contributed by atoms with E-state index < -0.39 is 9.84 Å². The molecule has 5 rings (SSSR count). The minimum absolute atomic E-state index is 0.157. The number of anilines is 2. The summed E-state index contributed by atoms with van der Waals surface area (Å²) in [4.78, 5) is 19.4. The van der Waals surface area contributed by atoms with Crippen molar-refractivity contribution in [2.45, 2.75) is 46.1 Å². The number of benzene rings is 1. The molecule has 0 N–H and O–H groups in total. The van der Waals surface area contributed by atoms with Crippen molar-refractivity contribution >= 4 is 27.1 Å². The fourth-order valence-corrected chi connectivity index (χ4v) is 6.72. The van der Waals surface area contributed by atoms with Gasteiger partial charge in [-0.2, -0.15) is 0 Å². The quantitative estimate of drug-likeness (QED) is 0.731. The molecule has 166 valence electrons. The minimum Gasteiger partial charge on any atom is -0.369 e. The Morgan fingerprint density at radius 2 is 1.67 bits per heavy atom.